The first-order valence-electron chi connectivity index (χ1n) is 8.76. The second-order valence-corrected chi connectivity index (χ2v) is 8.10. The molecule has 1 saturated carbocycles. The van der Waals surface area contributed by atoms with Gasteiger partial charge < -0.3 is 15.8 Å². The number of anilines is 1. The van der Waals surface area contributed by atoms with Crippen molar-refractivity contribution in [2.24, 2.45) is 22.6 Å². The van der Waals surface area contributed by atoms with Crippen molar-refractivity contribution in [1.29, 1.82) is 0 Å². The molecule has 4 atom stereocenters. The monoisotopic (exact) mass is 383 g/mol. The number of aromatic nitrogens is 2. The topological polar surface area (TPSA) is 102 Å². The minimum Gasteiger partial charge on any atom is -0.480 e. The number of aliphatic imine (C=N–C) groups is 1. The van der Waals surface area contributed by atoms with Crippen molar-refractivity contribution in [3.8, 4) is 5.88 Å². The lowest BCUT2D eigenvalue weighted by molar-refractivity contribution is 0.102. The third-order valence-electron chi connectivity index (χ3n) is 5.18. The van der Waals surface area contributed by atoms with E-state index in [2.05, 4.69) is 29.1 Å². The number of amidine groups is 1. The Kier molecular flexibility index (Phi) is 4.51. The van der Waals surface area contributed by atoms with Gasteiger partial charge in [0.15, 0.2) is 5.17 Å². The summed E-state index contributed by atoms with van der Waals surface area (Å²) >= 11 is 1.68. The van der Waals surface area contributed by atoms with Gasteiger partial charge in [0.05, 0.1) is 25.5 Å². The molecule has 1 aromatic carbocycles. The maximum absolute atomic E-state index is 12.5. The Hall–Kier alpha value is -2.61. The average Bonchev–Trinajstić information content (AvgIpc) is 3.32. The molecule has 1 aliphatic carbocycles. The number of hydrogen-bond acceptors (Lipinski definition) is 7. The van der Waals surface area contributed by atoms with Gasteiger partial charge in [-0.05, 0) is 36.1 Å². The molecular formula is C19H21N5O2S. The van der Waals surface area contributed by atoms with Crippen LogP contribution in [0.15, 0.2) is 35.6 Å². The second-order valence-electron chi connectivity index (χ2n) is 6.90. The van der Waals surface area contributed by atoms with Crippen molar-refractivity contribution in [2.45, 2.75) is 25.1 Å². The van der Waals surface area contributed by atoms with Crippen LogP contribution in [0.1, 0.15) is 34.6 Å². The highest BCUT2D eigenvalue weighted by Crippen LogP contribution is 2.58. The number of hydrogen-bond donors (Lipinski definition) is 2. The molecule has 3 N–H and O–H groups in total. The Labute approximate surface area is 161 Å². The highest BCUT2D eigenvalue weighted by molar-refractivity contribution is 8.14. The summed E-state index contributed by atoms with van der Waals surface area (Å²) in [5.74, 6) is 1.14. The molecule has 8 heteroatoms. The van der Waals surface area contributed by atoms with Crippen LogP contribution >= 0.6 is 11.8 Å². The number of carbonyl (C=O) groups is 1. The molecule has 1 fully saturated rings. The van der Waals surface area contributed by atoms with E-state index in [0.29, 0.717) is 33.8 Å². The van der Waals surface area contributed by atoms with Gasteiger partial charge in [-0.15, -0.1) is 0 Å². The van der Waals surface area contributed by atoms with E-state index < -0.39 is 0 Å². The SMILES string of the molecule is COc1cnc(C(=O)Nc2ccc(C)c(C3N=C(N)SC4C3[C@@H]4C)c2)cn1. The van der Waals surface area contributed by atoms with Crippen molar-refractivity contribution in [3.63, 3.8) is 0 Å². The molecule has 4 rings (SSSR count). The smallest absolute Gasteiger partial charge is 0.275 e. The van der Waals surface area contributed by atoms with E-state index in [0.717, 1.165) is 11.1 Å². The van der Waals surface area contributed by atoms with Gasteiger partial charge in [0.1, 0.15) is 5.69 Å². The number of rotatable bonds is 4. The van der Waals surface area contributed by atoms with Gasteiger partial charge in [-0.3, -0.25) is 9.79 Å². The number of nitrogens with two attached hydrogens (primary N) is 1. The first kappa shape index (κ1) is 17.8. The van der Waals surface area contributed by atoms with Crippen molar-refractivity contribution >= 4 is 28.5 Å². The van der Waals surface area contributed by atoms with Gasteiger partial charge in [-0.2, -0.15) is 0 Å². The highest BCUT2D eigenvalue weighted by Gasteiger charge is 2.55. The van der Waals surface area contributed by atoms with E-state index in [9.17, 15) is 4.79 Å². The number of aryl methyl sites for hydroxylation is 1. The van der Waals surface area contributed by atoms with Crippen molar-refractivity contribution in [3.05, 3.63) is 47.4 Å². The van der Waals surface area contributed by atoms with E-state index in [-0.39, 0.29) is 17.6 Å². The predicted octanol–water partition coefficient (Wildman–Crippen LogP) is 2.78. The first-order chi connectivity index (χ1) is 13.0. The lowest BCUT2D eigenvalue weighted by Crippen LogP contribution is -2.18. The number of methoxy groups -OCH3 is 1. The van der Waals surface area contributed by atoms with Gasteiger partial charge in [-0.1, -0.05) is 24.8 Å². The molecule has 7 nitrogen and oxygen atoms in total. The number of fused-ring (bicyclic) bond motifs is 1. The summed E-state index contributed by atoms with van der Waals surface area (Å²) in [5, 5.41) is 4.07. The van der Waals surface area contributed by atoms with Gasteiger partial charge in [-0.25, -0.2) is 9.97 Å². The minimum absolute atomic E-state index is 0.0453. The Morgan fingerprint density at radius 3 is 2.81 bits per heavy atom. The molecule has 0 radical (unpaired) electrons. The fourth-order valence-electron chi connectivity index (χ4n) is 3.55. The molecule has 1 aromatic heterocycles. The van der Waals surface area contributed by atoms with E-state index in [1.165, 1.54) is 19.5 Å². The molecule has 140 valence electrons. The molecular weight excluding hydrogens is 362 g/mol. The quantitative estimate of drug-likeness (QED) is 0.842. The van der Waals surface area contributed by atoms with E-state index in [1.807, 2.05) is 18.2 Å². The van der Waals surface area contributed by atoms with Gasteiger partial charge in [0, 0.05) is 16.9 Å². The molecule has 2 aliphatic rings. The summed E-state index contributed by atoms with van der Waals surface area (Å²) in [6.07, 6.45) is 2.81. The Morgan fingerprint density at radius 1 is 1.30 bits per heavy atom. The maximum atomic E-state index is 12.5. The largest absolute Gasteiger partial charge is 0.480 e. The number of nitrogens with one attached hydrogen (secondary N) is 1. The lowest BCUT2D eigenvalue weighted by Gasteiger charge is -2.21. The first-order valence-corrected chi connectivity index (χ1v) is 9.63. The van der Waals surface area contributed by atoms with Crippen LogP contribution in [0.25, 0.3) is 0 Å². The number of amides is 1. The number of nitrogens with zero attached hydrogens (tertiary/aromatic N) is 3. The molecule has 3 unspecified atom stereocenters. The molecule has 27 heavy (non-hydrogen) atoms. The van der Waals surface area contributed by atoms with Gasteiger partial charge in [0.2, 0.25) is 5.88 Å². The number of benzene rings is 1. The standard InChI is InChI=1S/C19H21N5O2S/c1-9-4-5-11(23-18(25)13-7-22-14(26-3)8-21-13)6-12(9)16-15-10(2)17(15)27-19(20)24-16/h4-8,10,15-17H,1-3H3,(H2,20,24)(H,23,25)/t10-,15?,16?,17?/m0/s1. The zero-order valence-electron chi connectivity index (χ0n) is 15.3. The molecule has 1 aliphatic heterocycles. The van der Waals surface area contributed by atoms with Crippen LogP contribution in [0, 0.1) is 18.8 Å². The highest BCUT2D eigenvalue weighted by atomic mass is 32.2. The van der Waals surface area contributed by atoms with E-state index >= 15 is 0 Å². The summed E-state index contributed by atoms with van der Waals surface area (Å²) < 4.78 is 4.96. The molecule has 0 saturated heterocycles. The summed E-state index contributed by atoms with van der Waals surface area (Å²) in [5.41, 5.74) is 9.21. The maximum Gasteiger partial charge on any atom is 0.275 e. The Morgan fingerprint density at radius 2 is 2.11 bits per heavy atom. The van der Waals surface area contributed by atoms with Crippen LogP contribution < -0.4 is 15.8 Å². The normalized spacial score (nSPS) is 26.0. The molecule has 1 amide bonds. The lowest BCUT2D eigenvalue weighted by atomic mass is 9.96. The number of ether oxygens (including phenoxy) is 1. The van der Waals surface area contributed by atoms with Crippen molar-refractivity contribution < 1.29 is 9.53 Å². The Balaban J connectivity index is 1.57. The van der Waals surface area contributed by atoms with E-state index in [1.54, 1.807) is 11.8 Å². The molecule has 0 spiro atoms. The number of carbonyl (C=O) groups excluding carboxylic acids is 1. The van der Waals surface area contributed by atoms with Crippen LogP contribution in [-0.2, 0) is 0 Å². The van der Waals surface area contributed by atoms with Gasteiger partial charge >= 0.3 is 0 Å². The average molecular weight is 383 g/mol. The van der Waals surface area contributed by atoms with Crippen LogP contribution in [0.2, 0.25) is 0 Å². The van der Waals surface area contributed by atoms with E-state index in [4.69, 9.17) is 15.5 Å². The Bertz CT molecular complexity index is 915. The third kappa shape index (κ3) is 3.37. The molecule has 2 aromatic rings. The zero-order valence-corrected chi connectivity index (χ0v) is 16.2. The van der Waals surface area contributed by atoms with Crippen molar-refractivity contribution in [2.75, 3.05) is 12.4 Å². The fraction of sp³-hybridized carbons (Fsp3) is 0.368. The zero-order chi connectivity index (χ0) is 19.1. The van der Waals surface area contributed by atoms with Crippen molar-refractivity contribution in [1.82, 2.24) is 9.97 Å². The molecule has 2 heterocycles. The number of thioether (sulfide) groups is 1. The summed E-state index contributed by atoms with van der Waals surface area (Å²) in [4.78, 5) is 25.2. The third-order valence-corrected chi connectivity index (χ3v) is 6.54. The summed E-state index contributed by atoms with van der Waals surface area (Å²) in [6, 6.07) is 5.92. The van der Waals surface area contributed by atoms with Crippen LogP contribution in [0.5, 0.6) is 5.88 Å². The second kappa shape index (κ2) is 6.84. The van der Waals surface area contributed by atoms with Crippen LogP contribution in [-0.4, -0.2) is 33.4 Å². The summed E-state index contributed by atoms with van der Waals surface area (Å²) in [7, 11) is 1.50. The summed E-state index contributed by atoms with van der Waals surface area (Å²) in [6.45, 7) is 4.30. The fourth-order valence-corrected chi connectivity index (χ4v) is 4.86. The van der Waals surface area contributed by atoms with Crippen LogP contribution in [0.3, 0.4) is 0 Å². The predicted molar refractivity (Wildman–Crippen MR) is 106 cm³/mol. The van der Waals surface area contributed by atoms with Crippen LogP contribution in [0.4, 0.5) is 5.69 Å². The molecule has 0 bridgehead atoms. The van der Waals surface area contributed by atoms with Gasteiger partial charge in [0.25, 0.3) is 5.91 Å². The minimum atomic E-state index is -0.320.